The summed E-state index contributed by atoms with van der Waals surface area (Å²) in [6, 6.07) is 51.2. The summed E-state index contributed by atoms with van der Waals surface area (Å²) in [6.45, 7) is 0.198. The lowest BCUT2D eigenvalue weighted by atomic mass is 9.32. The predicted molar refractivity (Wildman–Crippen MR) is 169 cm³/mol. The fourth-order valence-electron chi connectivity index (χ4n) is 7.22. The van der Waals surface area contributed by atoms with Gasteiger partial charge in [0.2, 0.25) is 6.71 Å². The van der Waals surface area contributed by atoms with Gasteiger partial charge in [0.15, 0.2) is 0 Å². The van der Waals surface area contributed by atoms with Gasteiger partial charge in [-0.15, -0.1) is 0 Å². The molecule has 0 amide bonds. The summed E-state index contributed by atoms with van der Waals surface area (Å²) < 4.78 is 2.52. The number of aromatic nitrogens is 1. The Balaban J connectivity index is 1.33. The van der Waals surface area contributed by atoms with Crippen molar-refractivity contribution in [3.8, 4) is 5.69 Å². The first-order chi connectivity index (χ1) is 19.9. The number of rotatable bonds is 3. The van der Waals surface area contributed by atoms with Gasteiger partial charge >= 0.3 is 0 Å². The Kier molecular flexibility index (Phi) is 4.51. The zero-order valence-corrected chi connectivity index (χ0v) is 22.0. The van der Waals surface area contributed by atoms with Crippen LogP contribution in [0.25, 0.3) is 27.5 Å². The topological polar surface area (TPSA) is 8.17 Å². The first kappa shape index (κ1) is 21.9. The van der Waals surface area contributed by atoms with Crippen LogP contribution in [0.4, 0.5) is 17.1 Å². The molecule has 0 bridgehead atoms. The summed E-state index contributed by atoms with van der Waals surface area (Å²) in [4.78, 5) is 2.38. The molecule has 2 nitrogen and oxygen atoms in total. The molecule has 0 radical (unpaired) electrons. The van der Waals surface area contributed by atoms with Crippen molar-refractivity contribution in [3.05, 3.63) is 151 Å². The Morgan fingerprint density at radius 1 is 0.525 bits per heavy atom. The quantitative estimate of drug-likeness (QED) is 0.234. The maximum Gasteiger partial charge on any atom is 0.247 e. The van der Waals surface area contributed by atoms with Crippen LogP contribution in [-0.4, -0.2) is 11.3 Å². The van der Waals surface area contributed by atoms with E-state index in [9.17, 15) is 0 Å². The lowest BCUT2D eigenvalue weighted by Crippen LogP contribution is -2.60. The Bertz CT molecular complexity index is 2050. The van der Waals surface area contributed by atoms with E-state index >= 15 is 0 Å². The SMILES string of the molecule is c1ccc(N(c2ccccc2)c2ccc3c(c2)B2c4ccccc4-n4c5ccccc5c5ccc(c2c54)C3)cc1. The fourth-order valence-corrected chi connectivity index (χ4v) is 7.22. The maximum atomic E-state index is 2.52. The van der Waals surface area contributed by atoms with Crippen LogP contribution in [-0.2, 0) is 6.42 Å². The molecule has 0 saturated carbocycles. The molecule has 186 valence electrons. The van der Waals surface area contributed by atoms with Crippen LogP contribution in [0.3, 0.4) is 0 Å². The molecule has 6 aromatic carbocycles. The van der Waals surface area contributed by atoms with Gasteiger partial charge in [-0.05, 0) is 77.0 Å². The minimum absolute atomic E-state index is 0.198. The molecule has 3 heterocycles. The number of nitrogens with zero attached hydrogens (tertiary/aromatic N) is 2. The molecular formula is C37H25BN2. The molecule has 0 unspecified atom stereocenters. The van der Waals surface area contributed by atoms with Gasteiger partial charge in [-0.3, -0.25) is 0 Å². The van der Waals surface area contributed by atoms with Crippen LogP contribution in [0.1, 0.15) is 11.1 Å². The number of benzene rings is 6. The van der Waals surface area contributed by atoms with E-state index in [1.807, 2.05) is 0 Å². The molecule has 0 fully saturated rings. The number of hydrogen-bond acceptors (Lipinski definition) is 1. The monoisotopic (exact) mass is 508 g/mol. The largest absolute Gasteiger partial charge is 0.311 e. The van der Waals surface area contributed by atoms with Crippen LogP contribution in [0, 0.1) is 0 Å². The van der Waals surface area contributed by atoms with E-state index < -0.39 is 0 Å². The zero-order valence-electron chi connectivity index (χ0n) is 22.0. The van der Waals surface area contributed by atoms with Gasteiger partial charge in [0, 0.05) is 39.0 Å². The highest BCUT2D eigenvalue weighted by Gasteiger charge is 2.39. The third-order valence-corrected chi connectivity index (χ3v) is 8.85. The van der Waals surface area contributed by atoms with Crippen molar-refractivity contribution in [1.29, 1.82) is 0 Å². The molecule has 2 aliphatic heterocycles. The standard InChI is InChI=1S/C37H25BN2/c1-3-11-27(12-4-1)39(28-13-5-2-6-14-28)29-21-19-25-23-26-20-22-31-30-15-7-9-17-34(30)40-35-18-10-8-16-32(35)38(33(25)24-29)36(26)37(31)40/h1-22,24H,23H2. The van der Waals surface area contributed by atoms with Crippen molar-refractivity contribution in [2.24, 2.45) is 0 Å². The zero-order chi connectivity index (χ0) is 26.2. The summed E-state index contributed by atoms with van der Waals surface area (Å²) in [7, 11) is 0. The predicted octanol–water partition coefficient (Wildman–Crippen LogP) is 6.99. The van der Waals surface area contributed by atoms with Gasteiger partial charge in [0.25, 0.3) is 0 Å². The Labute approximate surface area is 233 Å². The second-order valence-corrected chi connectivity index (χ2v) is 10.9. The van der Waals surface area contributed by atoms with Crippen LogP contribution in [0.2, 0.25) is 0 Å². The second kappa shape index (κ2) is 8.24. The van der Waals surface area contributed by atoms with Gasteiger partial charge in [-0.1, -0.05) is 96.5 Å². The van der Waals surface area contributed by atoms with E-state index in [0.717, 1.165) is 17.8 Å². The van der Waals surface area contributed by atoms with Gasteiger partial charge in [-0.2, -0.15) is 0 Å². The minimum Gasteiger partial charge on any atom is -0.311 e. The highest BCUT2D eigenvalue weighted by atomic mass is 15.1. The second-order valence-electron chi connectivity index (χ2n) is 10.9. The molecule has 0 N–H and O–H groups in total. The number of para-hydroxylation sites is 4. The molecular weight excluding hydrogens is 483 g/mol. The third kappa shape index (κ3) is 2.95. The summed E-state index contributed by atoms with van der Waals surface area (Å²) in [5.74, 6) is 0. The van der Waals surface area contributed by atoms with E-state index in [0.29, 0.717) is 0 Å². The molecule has 0 saturated heterocycles. The van der Waals surface area contributed by atoms with Crippen LogP contribution in [0.15, 0.2) is 140 Å². The average Bonchev–Trinajstić information content (AvgIpc) is 3.36. The number of fused-ring (bicyclic) bond motifs is 8. The van der Waals surface area contributed by atoms with Crippen molar-refractivity contribution in [3.63, 3.8) is 0 Å². The Morgan fingerprint density at radius 2 is 1.20 bits per heavy atom. The summed E-state index contributed by atoms with van der Waals surface area (Å²) in [6.07, 6.45) is 0.956. The maximum absolute atomic E-state index is 2.52. The molecule has 0 atom stereocenters. The molecule has 3 heteroatoms. The first-order valence-corrected chi connectivity index (χ1v) is 14.0. The van der Waals surface area contributed by atoms with Crippen LogP contribution < -0.4 is 21.3 Å². The van der Waals surface area contributed by atoms with Gasteiger partial charge < -0.3 is 9.47 Å². The number of anilines is 3. The van der Waals surface area contributed by atoms with Gasteiger partial charge in [0.05, 0.1) is 5.52 Å². The van der Waals surface area contributed by atoms with Gasteiger partial charge in [0.1, 0.15) is 0 Å². The average molecular weight is 508 g/mol. The Hall–Kier alpha value is -5.02. The molecule has 1 aromatic heterocycles. The van der Waals surface area contributed by atoms with E-state index in [4.69, 9.17) is 0 Å². The molecule has 9 rings (SSSR count). The third-order valence-electron chi connectivity index (χ3n) is 8.85. The normalized spacial score (nSPS) is 12.8. The summed E-state index contributed by atoms with van der Waals surface area (Å²) >= 11 is 0. The van der Waals surface area contributed by atoms with Crippen molar-refractivity contribution in [2.75, 3.05) is 4.90 Å². The van der Waals surface area contributed by atoms with E-state index in [1.54, 1.807) is 0 Å². The van der Waals surface area contributed by atoms with E-state index in [1.165, 1.54) is 60.7 Å². The summed E-state index contributed by atoms with van der Waals surface area (Å²) in [5.41, 5.74) is 14.6. The molecule has 2 aliphatic rings. The summed E-state index contributed by atoms with van der Waals surface area (Å²) in [5, 5.41) is 2.68. The van der Waals surface area contributed by atoms with Crippen LogP contribution >= 0.6 is 0 Å². The lowest BCUT2D eigenvalue weighted by Gasteiger charge is -2.34. The highest BCUT2D eigenvalue weighted by molar-refractivity contribution is 6.99. The van der Waals surface area contributed by atoms with Crippen molar-refractivity contribution in [2.45, 2.75) is 6.42 Å². The van der Waals surface area contributed by atoms with Gasteiger partial charge in [-0.25, -0.2) is 0 Å². The molecule has 0 spiro atoms. The van der Waals surface area contributed by atoms with Crippen molar-refractivity contribution >= 4 is 62.0 Å². The Morgan fingerprint density at radius 3 is 2.00 bits per heavy atom. The molecule has 0 aliphatic carbocycles. The molecule has 7 aromatic rings. The van der Waals surface area contributed by atoms with E-state index in [-0.39, 0.29) is 6.71 Å². The fraction of sp³-hybridized carbons (Fsp3) is 0.0270. The first-order valence-electron chi connectivity index (χ1n) is 14.0. The number of hydrogen-bond donors (Lipinski definition) is 0. The van der Waals surface area contributed by atoms with Crippen molar-refractivity contribution < 1.29 is 0 Å². The van der Waals surface area contributed by atoms with Crippen molar-refractivity contribution in [1.82, 2.24) is 4.57 Å². The van der Waals surface area contributed by atoms with E-state index in [2.05, 4.69) is 149 Å². The minimum atomic E-state index is 0.198. The van der Waals surface area contributed by atoms with Crippen LogP contribution in [0.5, 0.6) is 0 Å². The molecule has 40 heavy (non-hydrogen) atoms. The lowest BCUT2D eigenvalue weighted by molar-refractivity contribution is 1.16. The smallest absolute Gasteiger partial charge is 0.247 e. The highest BCUT2D eigenvalue weighted by Crippen LogP contribution is 2.37.